The molecule has 29 heavy (non-hydrogen) atoms. The normalized spacial score (nSPS) is 14.0. The molecule has 0 spiro atoms. The number of carbonyl (C=O) groups is 2. The van der Waals surface area contributed by atoms with Crippen LogP contribution in [-0.4, -0.2) is 42.9 Å². The van der Waals surface area contributed by atoms with Crippen LogP contribution in [0.4, 0.5) is 11.4 Å². The van der Waals surface area contributed by atoms with Crippen molar-refractivity contribution >= 4 is 34.8 Å². The molecule has 0 unspecified atom stereocenters. The molecule has 1 N–H and O–H groups in total. The Morgan fingerprint density at radius 1 is 0.897 bits per heavy atom. The maximum atomic E-state index is 12.4. The third-order valence-electron chi connectivity index (χ3n) is 4.91. The summed E-state index contributed by atoms with van der Waals surface area (Å²) in [4.78, 5) is 28.7. The van der Waals surface area contributed by atoms with Gasteiger partial charge in [0.15, 0.2) is 5.76 Å². The highest BCUT2D eigenvalue weighted by Crippen LogP contribution is 2.22. The summed E-state index contributed by atoms with van der Waals surface area (Å²) in [5, 5.41) is 3.28. The summed E-state index contributed by atoms with van der Waals surface area (Å²) in [5.41, 5.74) is 2.19. The molecule has 3 aromatic rings. The Labute approximate surface area is 173 Å². The van der Waals surface area contributed by atoms with E-state index in [0.29, 0.717) is 35.1 Å². The number of furan rings is 1. The summed E-state index contributed by atoms with van der Waals surface area (Å²) in [7, 11) is 0. The third-order valence-corrected chi connectivity index (χ3v) is 5.24. The van der Waals surface area contributed by atoms with Gasteiger partial charge in [-0.25, -0.2) is 0 Å². The van der Waals surface area contributed by atoms with Crippen LogP contribution >= 0.6 is 11.6 Å². The van der Waals surface area contributed by atoms with Crippen molar-refractivity contribution in [3.05, 3.63) is 83.3 Å². The van der Waals surface area contributed by atoms with Crippen LogP contribution in [0.5, 0.6) is 0 Å². The van der Waals surface area contributed by atoms with E-state index in [0.717, 1.165) is 18.8 Å². The smallest absolute Gasteiger partial charge is 0.289 e. The number of carbonyl (C=O) groups excluding carboxylic acids is 2. The van der Waals surface area contributed by atoms with Crippen molar-refractivity contribution in [3.63, 3.8) is 0 Å². The first-order valence-electron chi connectivity index (χ1n) is 9.35. The minimum atomic E-state index is -0.242. The lowest BCUT2D eigenvalue weighted by molar-refractivity contribution is 0.0714. The fourth-order valence-corrected chi connectivity index (χ4v) is 3.54. The predicted octanol–water partition coefficient (Wildman–Crippen LogP) is 4.15. The zero-order chi connectivity index (χ0) is 20.2. The van der Waals surface area contributed by atoms with Crippen molar-refractivity contribution in [2.45, 2.75) is 0 Å². The number of anilines is 2. The number of amides is 2. The highest BCUT2D eigenvalue weighted by molar-refractivity contribution is 6.34. The molecule has 6 nitrogen and oxygen atoms in total. The molecule has 0 saturated carbocycles. The maximum absolute atomic E-state index is 12.4. The molecule has 148 valence electrons. The van der Waals surface area contributed by atoms with Gasteiger partial charge in [0.2, 0.25) is 0 Å². The van der Waals surface area contributed by atoms with E-state index in [9.17, 15) is 9.59 Å². The van der Waals surface area contributed by atoms with Crippen LogP contribution in [0, 0.1) is 0 Å². The number of nitrogens with zero attached hydrogens (tertiary/aromatic N) is 2. The van der Waals surface area contributed by atoms with Gasteiger partial charge in [-0.2, -0.15) is 0 Å². The van der Waals surface area contributed by atoms with E-state index < -0.39 is 0 Å². The lowest BCUT2D eigenvalue weighted by atomic mass is 10.2. The fraction of sp³-hybridized carbons (Fsp3) is 0.182. The molecule has 1 fully saturated rings. The van der Waals surface area contributed by atoms with Crippen LogP contribution in [-0.2, 0) is 0 Å². The number of rotatable bonds is 4. The molecule has 1 aromatic heterocycles. The van der Waals surface area contributed by atoms with Crippen molar-refractivity contribution in [2.24, 2.45) is 0 Å². The fourth-order valence-electron chi connectivity index (χ4n) is 3.32. The molecule has 0 atom stereocenters. The van der Waals surface area contributed by atoms with Crippen molar-refractivity contribution in [2.75, 3.05) is 36.4 Å². The van der Waals surface area contributed by atoms with Gasteiger partial charge in [0.05, 0.1) is 16.8 Å². The minimum Gasteiger partial charge on any atom is -0.459 e. The van der Waals surface area contributed by atoms with Gasteiger partial charge in [0, 0.05) is 37.6 Å². The van der Waals surface area contributed by atoms with Crippen molar-refractivity contribution in [3.8, 4) is 0 Å². The number of hydrogen-bond donors (Lipinski definition) is 1. The molecule has 1 aliphatic rings. The van der Waals surface area contributed by atoms with Gasteiger partial charge >= 0.3 is 0 Å². The van der Waals surface area contributed by atoms with Gasteiger partial charge in [-0.3, -0.25) is 9.59 Å². The Hall–Kier alpha value is -3.25. The van der Waals surface area contributed by atoms with Crippen molar-refractivity contribution in [1.29, 1.82) is 0 Å². The van der Waals surface area contributed by atoms with Gasteiger partial charge in [0.1, 0.15) is 0 Å². The Bertz CT molecular complexity index is 994. The van der Waals surface area contributed by atoms with E-state index in [4.69, 9.17) is 16.0 Å². The van der Waals surface area contributed by atoms with E-state index in [1.165, 1.54) is 6.26 Å². The Kier molecular flexibility index (Phi) is 5.53. The summed E-state index contributed by atoms with van der Waals surface area (Å²) < 4.78 is 5.20. The van der Waals surface area contributed by atoms with E-state index in [2.05, 4.69) is 10.2 Å². The molecule has 1 saturated heterocycles. The lowest BCUT2D eigenvalue weighted by Gasteiger charge is -2.35. The number of nitrogens with one attached hydrogen (secondary N) is 1. The van der Waals surface area contributed by atoms with Gasteiger partial charge < -0.3 is 19.5 Å². The summed E-state index contributed by atoms with van der Waals surface area (Å²) >= 11 is 6.08. The molecular formula is C22H20ClN3O3. The number of piperazine rings is 1. The number of halogens is 1. The van der Waals surface area contributed by atoms with Crippen LogP contribution in [0.1, 0.15) is 20.9 Å². The Morgan fingerprint density at radius 2 is 1.62 bits per heavy atom. The molecule has 0 radical (unpaired) electrons. The zero-order valence-corrected chi connectivity index (χ0v) is 16.4. The first-order valence-corrected chi connectivity index (χ1v) is 9.73. The second-order valence-corrected chi connectivity index (χ2v) is 7.14. The van der Waals surface area contributed by atoms with Crippen LogP contribution in [0.25, 0.3) is 0 Å². The van der Waals surface area contributed by atoms with Crippen LogP contribution in [0.3, 0.4) is 0 Å². The molecule has 7 heteroatoms. The minimum absolute atomic E-state index is 0.0766. The van der Waals surface area contributed by atoms with Gasteiger partial charge in [-0.1, -0.05) is 23.7 Å². The Balaban J connectivity index is 1.35. The van der Waals surface area contributed by atoms with E-state index in [1.54, 1.807) is 41.3 Å². The highest BCUT2D eigenvalue weighted by Gasteiger charge is 2.23. The largest absolute Gasteiger partial charge is 0.459 e. The molecule has 0 bridgehead atoms. The molecule has 4 rings (SSSR count). The van der Waals surface area contributed by atoms with Crippen LogP contribution in [0.2, 0.25) is 5.02 Å². The molecule has 0 aliphatic carbocycles. The number of benzene rings is 2. The summed E-state index contributed by atoms with van der Waals surface area (Å²) in [6.45, 7) is 2.73. The molecule has 2 aromatic carbocycles. The molecule has 2 amide bonds. The first-order chi connectivity index (χ1) is 14.1. The third kappa shape index (κ3) is 4.27. The topological polar surface area (TPSA) is 65.8 Å². The second kappa shape index (κ2) is 8.41. The predicted molar refractivity (Wildman–Crippen MR) is 113 cm³/mol. The average Bonchev–Trinajstić information content (AvgIpc) is 3.29. The molecular weight excluding hydrogens is 390 g/mol. The molecule has 1 aliphatic heterocycles. The highest BCUT2D eigenvalue weighted by atomic mass is 35.5. The van der Waals surface area contributed by atoms with Gasteiger partial charge in [0.25, 0.3) is 11.8 Å². The van der Waals surface area contributed by atoms with E-state index in [-0.39, 0.29) is 11.8 Å². The van der Waals surface area contributed by atoms with Gasteiger partial charge in [-0.05, 0) is 48.5 Å². The monoisotopic (exact) mass is 409 g/mol. The maximum Gasteiger partial charge on any atom is 0.289 e. The van der Waals surface area contributed by atoms with Crippen molar-refractivity contribution < 1.29 is 14.0 Å². The van der Waals surface area contributed by atoms with Crippen LogP contribution < -0.4 is 10.2 Å². The van der Waals surface area contributed by atoms with Crippen molar-refractivity contribution in [1.82, 2.24) is 4.90 Å². The van der Waals surface area contributed by atoms with E-state index in [1.807, 2.05) is 24.3 Å². The standard InChI is InChI=1S/C22H20ClN3O3/c23-19-5-2-1-4-18(19)21(27)24-16-7-9-17(10-8-16)25-11-13-26(14-12-25)22(28)20-6-3-15-29-20/h1-10,15H,11-14H2,(H,24,27). The Morgan fingerprint density at radius 3 is 2.28 bits per heavy atom. The van der Waals surface area contributed by atoms with Gasteiger partial charge in [-0.15, -0.1) is 0 Å². The average molecular weight is 410 g/mol. The quantitative estimate of drug-likeness (QED) is 0.703. The lowest BCUT2D eigenvalue weighted by Crippen LogP contribution is -2.48. The summed E-state index contributed by atoms with van der Waals surface area (Å²) in [6, 6.07) is 18.0. The summed E-state index contributed by atoms with van der Waals surface area (Å²) in [6.07, 6.45) is 1.51. The second-order valence-electron chi connectivity index (χ2n) is 6.74. The van der Waals surface area contributed by atoms with Crippen LogP contribution in [0.15, 0.2) is 71.3 Å². The zero-order valence-electron chi connectivity index (χ0n) is 15.7. The van der Waals surface area contributed by atoms with E-state index >= 15 is 0 Å². The first kappa shape index (κ1) is 19.1. The number of hydrogen-bond acceptors (Lipinski definition) is 4. The molecule has 2 heterocycles. The summed E-state index contributed by atoms with van der Waals surface area (Å²) in [5.74, 6) is 0.0535. The SMILES string of the molecule is O=C(Nc1ccc(N2CCN(C(=O)c3ccco3)CC2)cc1)c1ccccc1Cl.